The molecule has 1 heterocycles. The molecule has 114 valence electrons. The molecule has 1 saturated heterocycles. The first-order valence-electron chi connectivity index (χ1n) is 6.20. The number of carbonyl (C=O) groups is 1. The normalized spacial score (nSPS) is 18.1. The Balaban J connectivity index is 2.46. The van der Waals surface area contributed by atoms with Crippen LogP contribution in [0.1, 0.15) is 27.2 Å². The summed E-state index contributed by atoms with van der Waals surface area (Å²) in [6.07, 6.45) is 0.753. The van der Waals surface area contributed by atoms with Gasteiger partial charge in [0.1, 0.15) is 5.60 Å². The van der Waals surface area contributed by atoms with Gasteiger partial charge in [-0.15, -0.1) is 0 Å². The van der Waals surface area contributed by atoms with Crippen molar-refractivity contribution >= 4 is 16.2 Å². The van der Waals surface area contributed by atoms with E-state index in [2.05, 4.69) is 10.3 Å². The minimum atomic E-state index is -3.51. The zero-order valence-electron chi connectivity index (χ0n) is 12.2. The van der Waals surface area contributed by atoms with E-state index in [0.29, 0.717) is 0 Å². The molecule has 0 aliphatic carbocycles. The van der Waals surface area contributed by atoms with Gasteiger partial charge in [-0.05, 0) is 27.2 Å². The van der Waals surface area contributed by atoms with Crippen LogP contribution in [0, 0.1) is 16.7 Å². The summed E-state index contributed by atoms with van der Waals surface area (Å²) in [6, 6.07) is 2.12. The van der Waals surface area contributed by atoms with Crippen LogP contribution in [-0.4, -0.2) is 51.0 Å². The molecule has 0 aromatic rings. The number of ether oxygens (including phenoxy) is 1. The number of nitriles is 1. The number of carbonyl (C=O) groups excluding carboxylic acids is 1. The average molecular weight is 304 g/mol. The van der Waals surface area contributed by atoms with E-state index in [1.165, 1.54) is 4.90 Å². The van der Waals surface area contributed by atoms with E-state index in [4.69, 9.17) is 10.00 Å². The summed E-state index contributed by atoms with van der Waals surface area (Å²) >= 11 is 0. The molecule has 0 saturated carbocycles. The molecule has 0 bridgehead atoms. The summed E-state index contributed by atoms with van der Waals surface area (Å²) in [4.78, 5) is 13.2. The Morgan fingerprint density at radius 3 is 2.35 bits per heavy atom. The van der Waals surface area contributed by atoms with E-state index >= 15 is 0 Å². The highest BCUT2D eigenvalue weighted by atomic mass is 32.2. The summed E-state index contributed by atoms with van der Waals surface area (Å²) in [6.45, 7) is 5.69. The molecule has 1 fully saturated rings. The minimum absolute atomic E-state index is 0.0610. The largest absolute Gasteiger partial charge is 0.444 e. The number of rotatable bonds is 4. The van der Waals surface area contributed by atoms with Gasteiger partial charge in [-0.2, -0.15) is 13.7 Å². The van der Waals surface area contributed by atoms with E-state index < -0.39 is 27.2 Å². The van der Waals surface area contributed by atoms with Crippen LogP contribution in [-0.2, 0) is 19.0 Å². The molecule has 1 amide bonds. The van der Waals surface area contributed by atoms with Crippen molar-refractivity contribution in [2.24, 2.45) is 5.41 Å². The molecular formula is C12H20N2O5S. The molecule has 0 unspecified atom stereocenters. The second kappa shape index (κ2) is 5.58. The molecule has 0 aromatic heterocycles. The Hall–Kier alpha value is -1.33. The lowest BCUT2D eigenvalue weighted by atomic mass is 9.79. The monoisotopic (exact) mass is 304 g/mol. The zero-order valence-corrected chi connectivity index (χ0v) is 13.0. The van der Waals surface area contributed by atoms with E-state index in [1.807, 2.05) is 0 Å². The molecule has 0 spiro atoms. The van der Waals surface area contributed by atoms with Gasteiger partial charge in [0.05, 0.1) is 24.3 Å². The van der Waals surface area contributed by atoms with Gasteiger partial charge in [0, 0.05) is 13.1 Å². The first-order chi connectivity index (χ1) is 8.96. The molecule has 1 rings (SSSR count). The van der Waals surface area contributed by atoms with E-state index in [1.54, 1.807) is 20.8 Å². The number of likely N-dealkylation sites (tertiary alicyclic amines) is 1. The lowest BCUT2D eigenvalue weighted by Crippen LogP contribution is -2.59. The van der Waals surface area contributed by atoms with Crippen LogP contribution in [0.3, 0.4) is 0 Å². The van der Waals surface area contributed by atoms with Crippen molar-refractivity contribution in [3.63, 3.8) is 0 Å². The summed E-state index contributed by atoms with van der Waals surface area (Å²) in [7, 11) is -3.51. The van der Waals surface area contributed by atoms with Crippen LogP contribution in [0.5, 0.6) is 0 Å². The van der Waals surface area contributed by atoms with Gasteiger partial charge in [-0.25, -0.2) is 4.79 Å². The molecule has 0 atom stereocenters. The van der Waals surface area contributed by atoms with Crippen LogP contribution in [0.2, 0.25) is 0 Å². The van der Waals surface area contributed by atoms with E-state index in [9.17, 15) is 13.2 Å². The Kier molecular flexibility index (Phi) is 4.66. The van der Waals surface area contributed by atoms with E-state index in [0.717, 1.165) is 6.26 Å². The summed E-state index contributed by atoms with van der Waals surface area (Å²) < 4.78 is 31.5. The Labute approximate surface area is 119 Å². The molecular weight excluding hydrogens is 284 g/mol. The van der Waals surface area contributed by atoms with Crippen LogP contribution in [0.4, 0.5) is 4.79 Å². The quantitative estimate of drug-likeness (QED) is 0.722. The second-order valence-electron chi connectivity index (χ2n) is 6.00. The SMILES string of the molecule is CC(C)(C)OC(=O)N1CC(C#N)(CCOS(C)(=O)=O)C1. The van der Waals surface area contributed by atoms with Crippen molar-refractivity contribution in [3.8, 4) is 6.07 Å². The van der Waals surface area contributed by atoms with Crippen molar-refractivity contribution in [3.05, 3.63) is 0 Å². The molecule has 1 aliphatic heterocycles. The van der Waals surface area contributed by atoms with Gasteiger partial charge < -0.3 is 9.64 Å². The Morgan fingerprint density at radius 1 is 1.40 bits per heavy atom. The number of nitrogens with zero attached hydrogens (tertiary/aromatic N) is 2. The first-order valence-corrected chi connectivity index (χ1v) is 8.02. The average Bonchev–Trinajstić information content (AvgIpc) is 2.17. The molecule has 7 nitrogen and oxygen atoms in total. The fourth-order valence-corrected chi connectivity index (χ4v) is 2.20. The summed E-state index contributed by atoms with van der Waals surface area (Å²) in [5, 5.41) is 9.16. The summed E-state index contributed by atoms with van der Waals surface area (Å²) in [5.41, 5.74) is -1.33. The van der Waals surface area contributed by atoms with Gasteiger partial charge in [0.2, 0.25) is 0 Å². The van der Waals surface area contributed by atoms with Crippen LogP contribution >= 0.6 is 0 Å². The molecule has 1 aliphatic rings. The van der Waals surface area contributed by atoms with Crippen LogP contribution < -0.4 is 0 Å². The van der Waals surface area contributed by atoms with Crippen molar-refractivity contribution in [1.29, 1.82) is 5.26 Å². The Bertz CT molecular complexity index is 509. The molecule has 20 heavy (non-hydrogen) atoms. The molecule has 8 heteroatoms. The first kappa shape index (κ1) is 16.7. The fraction of sp³-hybridized carbons (Fsp3) is 0.833. The predicted molar refractivity (Wildman–Crippen MR) is 71.3 cm³/mol. The standard InChI is InChI=1S/C12H20N2O5S/c1-11(2,3)19-10(15)14-8-12(7-13,9-14)5-6-18-20(4,16)17/h5-6,8-9H2,1-4H3. The van der Waals surface area contributed by atoms with Crippen molar-refractivity contribution in [2.75, 3.05) is 26.0 Å². The third-order valence-corrected chi connectivity index (χ3v) is 3.35. The maximum absolute atomic E-state index is 11.7. The van der Waals surface area contributed by atoms with Crippen molar-refractivity contribution in [1.82, 2.24) is 4.90 Å². The van der Waals surface area contributed by atoms with Gasteiger partial charge in [-0.1, -0.05) is 0 Å². The minimum Gasteiger partial charge on any atom is -0.444 e. The lowest BCUT2D eigenvalue weighted by molar-refractivity contribution is -0.0211. The maximum Gasteiger partial charge on any atom is 0.410 e. The maximum atomic E-state index is 11.7. The van der Waals surface area contributed by atoms with Crippen LogP contribution in [0.15, 0.2) is 0 Å². The van der Waals surface area contributed by atoms with E-state index in [-0.39, 0.29) is 26.1 Å². The number of amides is 1. The Morgan fingerprint density at radius 2 is 1.95 bits per heavy atom. The molecule has 0 radical (unpaired) electrons. The molecule has 0 aromatic carbocycles. The van der Waals surface area contributed by atoms with Gasteiger partial charge >= 0.3 is 6.09 Å². The lowest BCUT2D eigenvalue weighted by Gasteiger charge is -2.45. The predicted octanol–water partition coefficient (Wildman–Crippen LogP) is 1.11. The highest BCUT2D eigenvalue weighted by molar-refractivity contribution is 7.85. The topological polar surface area (TPSA) is 96.7 Å². The second-order valence-corrected chi connectivity index (χ2v) is 7.65. The highest BCUT2D eigenvalue weighted by Crippen LogP contribution is 2.34. The third-order valence-electron chi connectivity index (χ3n) is 2.75. The van der Waals surface area contributed by atoms with Crippen molar-refractivity contribution in [2.45, 2.75) is 32.8 Å². The van der Waals surface area contributed by atoms with Gasteiger partial charge in [-0.3, -0.25) is 4.18 Å². The van der Waals surface area contributed by atoms with Gasteiger partial charge in [0.15, 0.2) is 0 Å². The number of hydrogen-bond acceptors (Lipinski definition) is 6. The highest BCUT2D eigenvalue weighted by Gasteiger charge is 2.46. The molecule has 0 N–H and O–H groups in total. The number of hydrogen-bond donors (Lipinski definition) is 0. The fourth-order valence-electron chi connectivity index (χ4n) is 1.81. The summed E-state index contributed by atoms with van der Waals surface area (Å²) in [5.74, 6) is 0. The van der Waals surface area contributed by atoms with Crippen molar-refractivity contribution < 1.29 is 22.1 Å². The third kappa shape index (κ3) is 4.98. The zero-order chi connectivity index (χ0) is 15.6. The smallest absolute Gasteiger partial charge is 0.410 e. The van der Waals surface area contributed by atoms with Gasteiger partial charge in [0.25, 0.3) is 10.1 Å². The van der Waals surface area contributed by atoms with Crippen LogP contribution in [0.25, 0.3) is 0 Å².